The molecule has 1 fully saturated rings. The average molecular weight is 247 g/mol. The van der Waals surface area contributed by atoms with Crippen molar-refractivity contribution in [1.29, 1.82) is 0 Å². The van der Waals surface area contributed by atoms with Crippen LogP contribution in [-0.2, 0) is 0 Å². The summed E-state index contributed by atoms with van der Waals surface area (Å²) in [6.45, 7) is 0. The van der Waals surface area contributed by atoms with Crippen LogP contribution in [0.25, 0.3) is 5.65 Å². The summed E-state index contributed by atoms with van der Waals surface area (Å²) >= 11 is 0. The van der Waals surface area contributed by atoms with E-state index in [0.717, 1.165) is 18.5 Å². The number of hydrogen-bond acceptors (Lipinski definition) is 3. The number of aromatic carboxylic acids is 1. The van der Waals surface area contributed by atoms with Gasteiger partial charge < -0.3 is 5.11 Å². The topological polar surface area (TPSA) is 87.5 Å². The van der Waals surface area contributed by atoms with Gasteiger partial charge in [-0.3, -0.25) is 9.89 Å². The van der Waals surface area contributed by atoms with Crippen LogP contribution in [0.4, 0.5) is 0 Å². The van der Waals surface area contributed by atoms with Crippen LogP contribution in [0, 0.1) is 0 Å². The van der Waals surface area contributed by atoms with E-state index >= 15 is 0 Å². The molecular formula is C12H13N3O3. The average Bonchev–Trinajstić information content (AvgIpc) is 2.97. The quantitative estimate of drug-likeness (QED) is 0.839. The van der Waals surface area contributed by atoms with Crippen molar-refractivity contribution < 1.29 is 9.90 Å². The molecule has 6 nitrogen and oxygen atoms in total. The number of carbonyl (C=O) groups is 1. The summed E-state index contributed by atoms with van der Waals surface area (Å²) in [4.78, 5) is 27.1. The number of nitrogens with zero attached hydrogens (tertiary/aromatic N) is 2. The number of aromatic amines is 1. The molecule has 2 N–H and O–H groups in total. The monoisotopic (exact) mass is 247 g/mol. The lowest BCUT2D eigenvalue weighted by Gasteiger charge is -2.07. The van der Waals surface area contributed by atoms with Gasteiger partial charge in [0.1, 0.15) is 5.69 Å². The molecule has 0 unspecified atom stereocenters. The van der Waals surface area contributed by atoms with Crippen molar-refractivity contribution in [3.63, 3.8) is 0 Å². The maximum Gasteiger partial charge on any atom is 0.353 e. The largest absolute Gasteiger partial charge is 0.477 e. The van der Waals surface area contributed by atoms with Crippen molar-refractivity contribution in [3.8, 4) is 0 Å². The first-order valence-corrected chi connectivity index (χ1v) is 6.01. The summed E-state index contributed by atoms with van der Waals surface area (Å²) in [5.41, 5.74) is 0.882. The molecule has 2 aromatic heterocycles. The number of H-pyrrole nitrogens is 1. The standard InChI is InChI=1S/C12H13N3O3/c16-11-6-8(7-3-1-2-4-7)13-10-5-9(12(17)18)14-15(10)11/h5-7,14H,1-4H2,(H,17,18). The van der Waals surface area contributed by atoms with Crippen molar-refractivity contribution >= 4 is 11.6 Å². The van der Waals surface area contributed by atoms with Crippen LogP contribution in [0.1, 0.15) is 47.8 Å². The first-order chi connectivity index (χ1) is 8.65. The van der Waals surface area contributed by atoms with Crippen LogP contribution < -0.4 is 5.56 Å². The van der Waals surface area contributed by atoms with E-state index < -0.39 is 5.97 Å². The van der Waals surface area contributed by atoms with E-state index in [1.165, 1.54) is 29.5 Å². The molecule has 1 aliphatic carbocycles. The molecule has 0 spiro atoms. The van der Waals surface area contributed by atoms with Gasteiger partial charge in [-0.2, -0.15) is 0 Å². The van der Waals surface area contributed by atoms with Crippen molar-refractivity contribution in [2.75, 3.05) is 0 Å². The minimum atomic E-state index is -1.10. The van der Waals surface area contributed by atoms with Gasteiger partial charge in [0.15, 0.2) is 5.65 Å². The number of hydrogen-bond donors (Lipinski definition) is 2. The lowest BCUT2D eigenvalue weighted by Crippen LogP contribution is -2.16. The molecular weight excluding hydrogens is 234 g/mol. The van der Waals surface area contributed by atoms with E-state index in [2.05, 4.69) is 10.1 Å². The second-order valence-electron chi connectivity index (χ2n) is 4.67. The number of rotatable bonds is 2. The van der Waals surface area contributed by atoms with E-state index in [-0.39, 0.29) is 11.3 Å². The number of carboxylic acid groups (broad SMARTS) is 1. The maximum absolute atomic E-state index is 11.9. The molecule has 0 bridgehead atoms. The van der Waals surface area contributed by atoms with Gasteiger partial charge >= 0.3 is 5.97 Å². The second-order valence-corrected chi connectivity index (χ2v) is 4.67. The number of nitrogens with one attached hydrogen (secondary N) is 1. The molecule has 0 aromatic carbocycles. The Bertz CT molecular complexity index is 665. The molecule has 0 saturated heterocycles. The smallest absolute Gasteiger partial charge is 0.353 e. The fraction of sp³-hybridized carbons (Fsp3) is 0.417. The SMILES string of the molecule is O=C(O)c1cc2nc(C3CCCC3)cc(=O)n2[nH]1. The Labute approximate surface area is 102 Å². The van der Waals surface area contributed by atoms with Crippen molar-refractivity contribution in [2.24, 2.45) is 0 Å². The highest BCUT2D eigenvalue weighted by Crippen LogP contribution is 2.32. The summed E-state index contributed by atoms with van der Waals surface area (Å²) in [7, 11) is 0. The van der Waals surface area contributed by atoms with Gasteiger partial charge in [0.2, 0.25) is 0 Å². The van der Waals surface area contributed by atoms with Crippen LogP contribution in [0.15, 0.2) is 16.9 Å². The van der Waals surface area contributed by atoms with Crippen molar-refractivity contribution in [2.45, 2.75) is 31.6 Å². The summed E-state index contributed by atoms with van der Waals surface area (Å²) in [6, 6.07) is 2.90. The Balaban J connectivity index is 2.14. The van der Waals surface area contributed by atoms with Crippen LogP contribution in [0.2, 0.25) is 0 Å². The normalized spacial score (nSPS) is 16.4. The summed E-state index contributed by atoms with van der Waals surface area (Å²) < 4.78 is 1.17. The number of fused-ring (bicyclic) bond motifs is 1. The van der Waals surface area contributed by atoms with Crippen LogP contribution in [-0.4, -0.2) is 25.7 Å². The van der Waals surface area contributed by atoms with E-state index in [0.29, 0.717) is 11.6 Å². The lowest BCUT2D eigenvalue weighted by molar-refractivity contribution is 0.0690. The Morgan fingerprint density at radius 3 is 2.78 bits per heavy atom. The highest BCUT2D eigenvalue weighted by Gasteiger charge is 2.20. The number of carboxylic acids is 1. The minimum Gasteiger partial charge on any atom is -0.477 e. The Kier molecular flexibility index (Phi) is 2.43. The molecule has 0 aliphatic heterocycles. The lowest BCUT2D eigenvalue weighted by atomic mass is 10.0. The molecule has 2 heterocycles. The van der Waals surface area contributed by atoms with Gasteiger partial charge in [-0.25, -0.2) is 14.3 Å². The first kappa shape index (κ1) is 11.0. The van der Waals surface area contributed by atoms with Gasteiger partial charge in [-0.15, -0.1) is 0 Å². The van der Waals surface area contributed by atoms with Gasteiger partial charge in [-0.05, 0) is 12.8 Å². The highest BCUT2D eigenvalue weighted by molar-refractivity contribution is 5.86. The summed E-state index contributed by atoms with van der Waals surface area (Å²) in [5.74, 6) is -0.756. The molecule has 18 heavy (non-hydrogen) atoms. The van der Waals surface area contributed by atoms with E-state index in [1.54, 1.807) is 0 Å². The molecule has 0 radical (unpaired) electrons. The predicted molar refractivity (Wildman–Crippen MR) is 64.0 cm³/mol. The molecule has 6 heteroatoms. The second kappa shape index (κ2) is 3.97. The zero-order chi connectivity index (χ0) is 12.7. The number of aromatic nitrogens is 3. The Morgan fingerprint density at radius 2 is 2.11 bits per heavy atom. The predicted octanol–water partition coefficient (Wildman–Crippen LogP) is 1.38. The first-order valence-electron chi connectivity index (χ1n) is 6.01. The molecule has 94 valence electrons. The molecule has 1 aliphatic rings. The zero-order valence-electron chi connectivity index (χ0n) is 9.72. The van der Waals surface area contributed by atoms with Crippen LogP contribution in [0.3, 0.4) is 0 Å². The third kappa shape index (κ3) is 1.70. The van der Waals surface area contributed by atoms with Gasteiger partial charge in [0.25, 0.3) is 5.56 Å². The Hall–Kier alpha value is -2.11. The summed E-state index contributed by atoms with van der Waals surface area (Å²) in [6.07, 6.45) is 4.44. The van der Waals surface area contributed by atoms with Gasteiger partial charge in [0.05, 0.1) is 5.69 Å². The third-order valence-corrected chi connectivity index (χ3v) is 3.47. The molecule has 0 atom stereocenters. The Morgan fingerprint density at radius 1 is 1.39 bits per heavy atom. The maximum atomic E-state index is 11.9. The highest BCUT2D eigenvalue weighted by atomic mass is 16.4. The van der Waals surface area contributed by atoms with Gasteiger partial charge in [-0.1, -0.05) is 12.8 Å². The van der Waals surface area contributed by atoms with Gasteiger partial charge in [0, 0.05) is 18.1 Å². The fourth-order valence-electron chi connectivity index (χ4n) is 2.55. The molecule has 1 saturated carbocycles. The summed E-state index contributed by atoms with van der Waals surface area (Å²) in [5, 5.41) is 11.4. The van der Waals surface area contributed by atoms with Crippen LogP contribution >= 0.6 is 0 Å². The zero-order valence-corrected chi connectivity index (χ0v) is 9.72. The van der Waals surface area contributed by atoms with Crippen LogP contribution in [0.5, 0.6) is 0 Å². The molecule has 2 aromatic rings. The molecule has 3 rings (SSSR count). The minimum absolute atomic E-state index is 0.0248. The fourth-order valence-corrected chi connectivity index (χ4v) is 2.55. The third-order valence-electron chi connectivity index (χ3n) is 3.47. The van der Waals surface area contributed by atoms with Crippen molar-refractivity contribution in [1.82, 2.24) is 14.6 Å². The van der Waals surface area contributed by atoms with E-state index in [1.807, 2.05) is 0 Å². The molecule has 0 amide bonds. The van der Waals surface area contributed by atoms with E-state index in [4.69, 9.17) is 5.11 Å². The van der Waals surface area contributed by atoms with E-state index in [9.17, 15) is 9.59 Å². The van der Waals surface area contributed by atoms with Crippen molar-refractivity contribution in [3.05, 3.63) is 33.9 Å².